The second kappa shape index (κ2) is 7.88. The Kier molecular flexibility index (Phi) is 5.88. The lowest BCUT2D eigenvalue weighted by Gasteiger charge is -2.38. The topological polar surface area (TPSA) is 25.2 Å². The summed E-state index contributed by atoms with van der Waals surface area (Å²) in [5.74, 6) is -0.0239. The molecule has 1 atom stereocenters. The molecule has 1 unspecified atom stereocenters. The van der Waals surface area contributed by atoms with E-state index in [1.54, 1.807) is 0 Å². The number of piperidine rings is 1. The molecule has 0 bridgehead atoms. The molecule has 1 fully saturated rings. The van der Waals surface area contributed by atoms with E-state index in [2.05, 4.69) is 44.1 Å². The first-order valence-electron chi connectivity index (χ1n) is 10.8. The first-order chi connectivity index (χ1) is 13.1. The van der Waals surface area contributed by atoms with Gasteiger partial charge in [-0.25, -0.2) is 4.39 Å². The lowest BCUT2D eigenvalue weighted by molar-refractivity contribution is 0.473. The molecular formula is C24H35FN2O. The average Bonchev–Trinajstić information content (AvgIpc) is 2.61. The van der Waals surface area contributed by atoms with Gasteiger partial charge in [-0.15, -0.1) is 0 Å². The fraction of sp³-hybridized carbons (Fsp3) is 0.625. The van der Waals surface area contributed by atoms with Crippen molar-refractivity contribution in [2.75, 3.05) is 11.4 Å². The Morgan fingerprint density at radius 1 is 1.07 bits per heavy atom. The van der Waals surface area contributed by atoms with Crippen LogP contribution < -0.4 is 10.3 Å². The van der Waals surface area contributed by atoms with Crippen LogP contribution in [0.4, 0.5) is 10.1 Å². The van der Waals surface area contributed by atoms with E-state index in [-0.39, 0.29) is 29.1 Å². The standard InChI is InChI=1S/C24H35FN2O/c1-14(2)19-13-27(16(5)6)22-18(24(19)28)12-20(25)23(21(22)15(3)4)26-11-9-8-10-17(26)7/h12-17H,8-11H2,1-7H3. The summed E-state index contributed by atoms with van der Waals surface area (Å²) < 4.78 is 17.7. The van der Waals surface area contributed by atoms with Gasteiger partial charge in [0, 0.05) is 41.3 Å². The van der Waals surface area contributed by atoms with Crippen LogP contribution in [-0.4, -0.2) is 17.2 Å². The monoisotopic (exact) mass is 386 g/mol. The van der Waals surface area contributed by atoms with Crippen LogP contribution in [0, 0.1) is 5.82 Å². The third-order valence-corrected chi connectivity index (χ3v) is 6.15. The summed E-state index contributed by atoms with van der Waals surface area (Å²) in [7, 11) is 0. The fourth-order valence-electron chi connectivity index (χ4n) is 4.62. The molecule has 3 rings (SSSR count). The molecule has 2 aromatic rings. The first kappa shape index (κ1) is 20.9. The number of rotatable bonds is 4. The van der Waals surface area contributed by atoms with E-state index in [0.717, 1.165) is 36.0 Å². The Balaban J connectivity index is 2.46. The normalized spacial score (nSPS) is 18.1. The number of benzene rings is 1. The Morgan fingerprint density at radius 3 is 2.29 bits per heavy atom. The highest BCUT2D eigenvalue weighted by Crippen LogP contribution is 2.40. The summed E-state index contributed by atoms with van der Waals surface area (Å²) in [6.45, 7) is 15.6. The molecule has 154 valence electrons. The zero-order valence-electron chi connectivity index (χ0n) is 18.5. The molecule has 1 aromatic heterocycles. The fourth-order valence-corrected chi connectivity index (χ4v) is 4.62. The van der Waals surface area contributed by atoms with Gasteiger partial charge in [0.05, 0.1) is 11.2 Å². The quantitative estimate of drug-likeness (QED) is 0.612. The van der Waals surface area contributed by atoms with E-state index in [1.807, 2.05) is 20.0 Å². The third kappa shape index (κ3) is 3.46. The van der Waals surface area contributed by atoms with Gasteiger partial charge in [0.2, 0.25) is 0 Å². The molecule has 0 spiro atoms. The molecule has 0 saturated carbocycles. The molecule has 0 radical (unpaired) electrons. The summed E-state index contributed by atoms with van der Waals surface area (Å²) in [5.41, 5.74) is 3.33. The molecule has 28 heavy (non-hydrogen) atoms. The van der Waals surface area contributed by atoms with Crippen LogP contribution in [0.15, 0.2) is 17.1 Å². The maximum absolute atomic E-state index is 15.6. The minimum atomic E-state index is -0.252. The largest absolute Gasteiger partial charge is 0.366 e. The van der Waals surface area contributed by atoms with Crippen LogP contribution in [0.2, 0.25) is 0 Å². The second-order valence-corrected chi connectivity index (χ2v) is 9.28. The lowest BCUT2D eigenvalue weighted by Crippen LogP contribution is -2.39. The Bertz CT molecular complexity index is 927. The SMILES string of the molecule is CC(C)c1cn(C(C)C)c2c(C(C)C)c(N3CCCCC3C)c(F)cc2c1=O. The molecule has 1 saturated heterocycles. The van der Waals surface area contributed by atoms with Crippen molar-refractivity contribution in [1.29, 1.82) is 0 Å². The summed E-state index contributed by atoms with van der Waals surface area (Å²) in [6.07, 6.45) is 5.37. The number of anilines is 1. The maximum atomic E-state index is 15.6. The number of aromatic nitrogens is 1. The molecule has 3 nitrogen and oxygen atoms in total. The summed E-state index contributed by atoms with van der Waals surface area (Å²) >= 11 is 0. The average molecular weight is 387 g/mol. The van der Waals surface area contributed by atoms with E-state index in [0.29, 0.717) is 17.1 Å². The van der Waals surface area contributed by atoms with Crippen LogP contribution in [0.5, 0.6) is 0 Å². The second-order valence-electron chi connectivity index (χ2n) is 9.28. The van der Waals surface area contributed by atoms with Crippen molar-refractivity contribution in [1.82, 2.24) is 4.57 Å². The van der Waals surface area contributed by atoms with Gasteiger partial charge < -0.3 is 9.47 Å². The number of nitrogens with zero attached hydrogens (tertiary/aromatic N) is 2. The van der Waals surface area contributed by atoms with E-state index in [1.165, 1.54) is 12.5 Å². The number of pyridine rings is 1. The van der Waals surface area contributed by atoms with Gasteiger partial charge in [-0.2, -0.15) is 0 Å². The van der Waals surface area contributed by atoms with Crippen molar-refractivity contribution in [2.45, 2.75) is 91.6 Å². The molecule has 0 aliphatic carbocycles. The van der Waals surface area contributed by atoms with Crippen molar-refractivity contribution >= 4 is 16.6 Å². The van der Waals surface area contributed by atoms with Gasteiger partial charge in [0.1, 0.15) is 5.82 Å². The smallest absolute Gasteiger partial charge is 0.192 e. The number of halogens is 1. The minimum Gasteiger partial charge on any atom is -0.366 e. The molecular weight excluding hydrogens is 351 g/mol. The van der Waals surface area contributed by atoms with Gasteiger partial charge >= 0.3 is 0 Å². The zero-order chi connectivity index (χ0) is 20.7. The summed E-state index contributed by atoms with van der Waals surface area (Å²) in [6, 6.07) is 2.01. The van der Waals surface area contributed by atoms with E-state index in [4.69, 9.17) is 0 Å². The lowest BCUT2D eigenvalue weighted by atomic mass is 9.91. The van der Waals surface area contributed by atoms with Gasteiger partial charge in [-0.1, -0.05) is 27.7 Å². The molecule has 0 amide bonds. The molecule has 1 aromatic carbocycles. The van der Waals surface area contributed by atoms with Crippen LogP contribution in [-0.2, 0) is 0 Å². The number of hydrogen-bond acceptors (Lipinski definition) is 2. The maximum Gasteiger partial charge on any atom is 0.192 e. The highest BCUT2D eigenvalue weighted by molar-refractivity contribution is 5.89. The van der Waals surface area contributed by atoms with Crippen molar-refractivity contribution < 1.29 is 4.39 Å². The van der Waals surface area contributed by atoms with Gasteiger partial charge in [0.15, 0.2) is 5.43 Å². The number of hydrogen-bond donors (Lipinski definition) is 0. The van der Waals surface area contributed by atoms with Crippen molar-refractivity contribution in [3.63, 3.8) is 0 Å². The van der Waals surface area contributed by atoms with E-state index < -0.39 is 0 Å². The zero-order valence-corrected chi connectivity index (χ0v) is 18.5. The molecule has 1 aliphatic rings. The summed E-state index contributed by atoms with van der Waals surface area (Å²) in [4.78, 5) is 15.5. The first-order valence-corrected chi connectivity index (χ1v) is 10.8. The highest BCUT2D eigenvalue weighted by Gasteiger charge is 2.29. The van der Waals surface area contributed by atoms with E-state index >= 15 is 4.39 Å². The van der Waals surface area contributed by atoms with Gasteiger partial charge in [-0.05, 0) is 57.9 Å². The molecule has 0 N–H and O–H groups in total. The third-order valence-electron chi connectivity index (χ3n) is 6.15. The molecule has 2 heterocycles. The van der Waals surface area contributed by atoms with Gasteiger partial charge in [-0.3, -0.25) is 4.79 Å². The Labute approximate surface area is 168 Å². The van der Waals surface area contributed by atoms with E-state index in [9.17, 15) is 4.79 Å². The predicted octanol–water partition coefficient (Wildman–Crippen LogP) is 6.35. The summed E-state index contributed by atoms with van der Waals surface area (Å²) in [5, 5.41) is 0.523. The molecule has 1 aliphatic heterocycles. The Morgan fingerprint density at radius 2 is 1.75 bits per heavy atom. The predicted molar refractivity (Wildman–Crippen MR) is 117 cm³/mol. The van der Waals surface area contributed by atoms with Gasteiger partial charge in [0.25, 0.3) is 0 Å². The molecule has 4 heteroatoms. The Hall–Kier alpha value is -1.84. The van der Waals surface area contributed by atoms with Crippen LogP contribution in [0.3, 0.4) is 0 Å². The minimum absolute atomic E-state index is 0.0269. The highest BCUT2D eigenvalue weighted by atomic mass is 19.1. The van der Waals surface area contributed by atoms with Crippen LogP contribution in [0.1, 0.15) is 96.7 Å². The van der Waals surface area contributed by atoms with Crippen molar-refractivity contribution in [3.8, 4) is 0 Å². The van der Waals surface area contributed by atoms with Crippen LogP contribution in [0.25, 0.3) is 10.9 Å². The van der Waals surface area contributed by atoms with Crippen molar-refractivity contribution in [2.24, 2.45) is 0 Å². The number of fused-ring (bicyclic) bond motifs is 1. The van der Waals surface area contributed by atoms with Crippen molar-refractivity contribution in [3.05, 3.63) is 39.4 Å². The van der Waals surface area contributed by atoms with Crippen LogP contribution >= 0.6 is 0 Å².